The van der Waals surface area contributed by atoms with Crippen molar-refractivity contribution in [1.82, 2.24) is 20.2 Å². The molecule has 0 saturated carbocycles. The molecule has 0 saturated heterocycles. The molecule has 16 heavy (non-hydrogen) atoms. The molecule has 0 spiro atoms. The molecule has 2 heterocycles. The van der Waals surface area contributed by atoms with Gasteiger partial charge in [0, 0.05) is 5.69 Å². The summed E-state index contributed by atoms with van der Waals surface area (Å²) in [4.78, 5) is 7.86. The van der Waals surface area contributed by atoms with E-state index in [0.29, 0.717) is 5.75 Å². The van der Waals surface area contributed by atoms with Gasteiger partial charge in [-0.15, -0.1) is 10.2 Å². The first-order valence-electron chi connectivity index (χ1n) is 4.31. The van der Waals surface area contributed by atoms with Crippen molar-refractivity contribution in [2.75, 3.05) is 0 Å². The third-order valence-electron chi connectivity index (χ3n) is 1.69. The van der Waals surface area contributed by atoms with Crippen molar-refractivity contribution in [3.63, 3.8) is 0 Å². The fourth-order valence-corrected chi connectivity index (χ4v) is 1.20. The minimum absolute atomic E-state index is 0.0283. The molecule has 5 nitrogen and oxygen atoms in total. The van der Waals surface area contributed by atoms with Gasteiger partial charge < -0.3 is 4.74 Å². The van der Waals surface area contributed by atoms with E-state index < -0.39 is 0 Å². The molecule has 0 aliphatic carbocycles. The van der Waals surface area contributed by atoms with Gasteiger partial charge in [0.2, 0.25) is 10.4 Å². The summed E-state index contributed by atoms with van der Waals surface area (Å²) in [5, 5.41) is 7.06. The SMILES string of the molecule is Cc1ccc(Oc2nc(Cl)nnc2Cl)cn1. The molecule has 2 aromatic rings. The average molecular weight is 257 g/mol. The number of halogens is 2. The Labute approximate surface area is 101 Å². The highest BCUT2D eigenvalue weighted by atomic mass is 35.5. The van der Waals surface area contributed by atoms with Gasteiger partial charge in [0.05, 0.1) is 6.20 Å². The molecule has 82 valence electrons. The van der Waals surface area contributed by atoms with Crippen LogP contribution in [0.5, 0.6) is 11.6 Å². The summed E-state index contributed by atoms with van der Waals surface area (Å²) in [5.74, 6) is 0.608. The second-order valence-corrected chi connectivity index (χ2v) is 3.61. The molecule has 0 unspecified atom stereocenters. The van der Waals surface area contributed by atoms with Crippen molar-refractivity contribution in [2.45, 2.75) is 6.92 Å². The van der Waals surface area contributed by atoms with E-state index in [1.807, 2.05) is 6.92 Å². The second-order valence-electron chi connectivity index (χ2n) is 2.91. The Morgan fingerprint density at radius 2 is 2.00 bits per heavy atom. The van der Waals surface area contributed by atoms with Crippen LogP contribution in [-0.2, 0) is 0 Å². The van der Waals surface area contributed by atoms with Crippen LogP contribution in [0.15, 0.2) is 18.3 Å². The number of hydrogen-bond acceptors (Lipinski definition) is 5. The van der Waals surface area contributed by atoms with Crippen LogP contribution >= 0.6 is 23.2 Å². The summed E-state index contributed by atoms with van der Waals surface area (Å²) < 4.78 is 5.35. The fraction of sp³-hybridized carbons (Fsp3) is 0.111. The summed E-state index contributed by atoms with van der Waals surface area (Å²) >= 11 is 11.3. The van der Waals surface area contributed by atoms with Crippen LogP contribution in [0.2, 0.25) is 10.4 Å². The Bertz CT molecular complexity index is 503. The number of aryl methyl sites for hydroxylation is 1. The third-order valence-corrected chi connectivity index (χ3v) is 2.09. The van der Waals surface area contributed by atoms with Crippen LogP contribution in [0, 0.1) is 6.92 Å². The Morgan fingerprint density at radius 1 is 1.19 bits per heavy atom. The highest BCUT2D eigenvalue weighted by molar-refractivity contribution is 6.31. The fourth-order valence-electron chi connectivity index (χ4n) is 0.971. The molecule has 0 amide bonds. The highest BCUT2D eigenvalue weighted by Gasteiger charge is 2.08. The lowest BCUT2D eigenvalue weighted by molar-refractivity contribution is 0.455. The van der Waals surface area contributed by atoms with Gasteiger partial charge in [-0.05, 0) is 30.7 Å². The first-order chi connectivity index (χ1) is 7.65. The zero-order valence-electron chi connectivity index (χ0n) is 8.19. The Kier molecular flexibility index (Phi) is 3.17. The standard InChI is InChI=1S/C9H6Cl2N4O/c1-5-2-3-6(4-12-5)16-8-7(10)14-15-9(11)13-8/h2-4H,1H3. The summed E-state index contributed by atoms with van der Waals surface area (Å²) in [6.45, 7) is 1.87. The smallest absolute Gasteiger partial charge is 0.262 e. The van der Waals surface area contributed by atoms with Crippen molar-refractivity contribution in [2.24, 2.45) is 0 Å². The number of rotatable bonds is 2. The van der Waals surface area contributed by atoms with E-state index >= 15 is 0 Å². The molecule has 0 fully saturated rings. The summed E-state index contributed by atoms with van der Waals surface area (Å²) in [7, 11) is 0. The Morgan fingerprint density at radius 3 is 2.69 bits per heavy atom. The van der Waals surface area contributed by atoms with Gasteiger partial charge in [0.1, 0.15) is 5.75 Å². The quantitative estimate of drug-likeness (QED) is 0.827. The number of ether oxygens (including phenoxy) is 1. The predicted molar refractivity (Wildman–Crippen MR) is 58.9 cm³/mol. The van der Waals surface area contributed by atoms with Gasteiger partial charge in [-0.3, -0.25) is 4.98 Å². The van der Waals surface area contributed by atoms with Crippen LogP contribution in [0.1, 0.15) is 5.69 Å². The Hall–Kier alpha value is -1.46. The first-order valence-corrected chi connectivity index (χ1v) is 5.07. The van der Waals surface area contributed by atoms with E-state index in [1.54, 1.807) is 18.3 Å². The van der Waals surface area contributed by atoms with E-state index in [4.69, 9.17) is 27.9 Å². The van der Waals surface area contributed by atoms with Crippen molar-refractivity contribution in [3.8, 4) is 11.6 Å². The van der Waals surface area contributed by atoms with Crippen LogP contribution in [0.3, 0.4) is 0 Å². The van der Waals surface area contributed by atoms with Crippen LogP contribution in [0.4, 0.5) is 0 Å². The summed E-state index contributed by atoms with van der Waals surface area (Å²) in [5.41, 5.74) is 0.886. The highest BCUT2D eigenvalue weighted by Crippen LogP contribution is 2.25. The number of hydrogen-bond donors (Lipinski definition) is 0. The molecule has 0 bridgehead atoms. The van der Waals surface area contributed by atoms with Gasteiger partial charge in [0.15, 0.2) is 0 Å². The van der Waals surface area contributed by atoms with E-state index in [9.17, 15) is 0 Å². The van der Waals surface area contributed by atoms with Gasteiger partial charge in [-0.2, -0.15) is 4.98 Å². The molecule has 0 atom stereocenters. The van der Waals surface area contributed by atoms with Crippen molar-refractivity contribution < 1.29 is 4.74 Å². The molecule has 0 N–H and O–H groups in total. The van der Waals surface area contributed by atoms with Crippen LogP contribution in [-0.4, -0.2) is 20.2 Å². The molecule has 2 rings (SSSR count). The molecule has 0 aliphatic heterocycles. The monoisotopic (exact) mass is 256 g/mol. The van der Waals surface area contributed by atoms with E-state index in [2.05, 4.69) is 20.2 Å². The molecule has 0 aromatic carbocycles. The summed E-state index contributed by atoms with van der Waals surface area (Å²) in [6.07, 6.45) is 1.56. The predicted octanol–water partition coefficient (Wildman–Crippen LogP) is 2.67. The first kappa shape index (κ1) is 11.0. The maximum Gasteiger partial charge on any atom is 0.262 e. The van der Waals surface area contributed by atoms with Gasteiger partial charge in [-0.25, -0.2) is 0 Å². The lowest BCUT2D eigenvalue weighted by Gasteiger charge is -2.04. The van der Waals surface area contributed by atoms with Gasteiger partial charge in [0.25, 0.3) is 5.88 Å². The van der Waals surface area contributed by atoms with E-state index in [-0.39, 0.29) is 16.3 Å². The maximum absolute atomic E-state index is 5.74. The van der Waals surface area contributed by atoms with Crippen molar-refractivity contribution in [1.29, 1.82) is 0 Å². The average Bonchev–Trinajstić information content (AvgIpc) is 2.27. The maximum atomic E-state index is 5.74. The topological polar surface area (TPSA) is 60.8 Å². The largest absolute Gasteiger partial charge is 0.435 e. The number of nitrogens with zero attached hydrogens (tertiary/aromatic N) is 4. The second kappa shape index (κ2) is 4.59. The molecule has 0 radical (unpaired) electrons. The molecular weight excluding hydrogens is 251 g/mol. The van der Waals surface area contributed by atoms with Crippen molar-refractivity contribution >= 4 is 23.2 Å². The van der Waals surface area contributed by atoms with Gasteiger partial charge >= 0.3 is 0 Å². The van der Waals surface area contributed by atoms with E-state index in [1.165, 1.54) is 0 Å². The van der Waals surface area contributed by atoms with Crippen LogP contribution in [0.25, 0.3) is 0 Å². The van der Waals surface area contributed by atoms with Crippen LogP contribution < -0.4 is 4.74 Å². The summed E-state index contributed by atoms with van der Waals surface area (Å²) in [6, 6.07) is 3.55. The lowest BCUT2D eigenvalue weighted by Crippen LogP contribution is -1.95. The van der Waals surface area contributed by atoms with Crippen molar-refractivity contribution in [3.05, 3.63) is 34.5 Å². The lowest BCUT2D eigenvalue weighted by atomic mass is 10.4. The molecule has 2 aromatic heterocycles. The minimum atomic E-state index is -0.0283. The molecule has 7 heteroatoms. The number of aromatic nitrogens is 4. The number of pyridine rings is 1. The van der Waals surface area contributed by atoms with E-state index in [0.717, 1.165) is 5.69 Å². The normalized spacial score (nSPS) is 10.2. The van der Waals surface area contributed by atoms with Gasteiger partial charge in [-0.1, -0.05) is 11.6 Å². The third kappa shape index (κ3) is 2.56. The minimum Gasteiger partial charge on any atom is -0.435 e. The zero-order valence-corrected chi connectivity index (χ0v) is 9.70. The molecule has 0 aliphatic rings. The Balaban J connectivity index is 2.26. The zero-order chi connectivity index (χ0) is 11.5. The molecular formula is C9H6Cl2N4O.